The molecule has 1 unspecified atom stereocenters. The van der Waals surface area contributed by atoms with Crippen LogP contribution < -0.4 is 0 Å². The molecule has 4 heteroatoms. The van der Waals surface area contributed by atoms with E-state index in [2.05, 4.69) is 11.3 Å². The van der Waals surface area contributed by atoms with Crippen molar-refractivity contribution in [1.29, 1.82) is 0 Å². The van der Waals surface area contributed by atoms with Gasteiger partial charge in [-0.2, -0.15) is 0 Å². The summed E-state index contributed by atoms with van der Waals surface area (Å²) in [7, 11) is 0. The van der Waals surface area contributed by atoms with Crippen LogP contribution in [0.2, 0.25) is 0 Å². The second-order valence-corrected chi connectivity index (χ2v) is 1.60. The summed E-state index contributed by atoms with van der Waals surface area (Å²) in [6.45, 7) is 3.00. The summed E-state index contributed by atoms with van der Waals surface area (Å²) in [6, 6.07) is 0. The van der Waals surface area contributed by atoms with Crippen LogP contribution in [-0.2, 0) is 14.3 Å². The third kappa shape index (κ3) is 0.718. The van der Waals surface area contributed by atoms with Gasteiger partial charge in [-0.15, -0.1) is 0 Å². The fourth-order valence-electron chi connectivity index (χ4n) is 0.454. The van der Waals surface area contributed by atoms with Crippen molar-refractivity contribution in [3.63, 3.8) is 0 Å². The smallest absolute Gasteiger partial charge is 0.353 e. The number of halogens is 1. The lowest BCUT2D eigenvalue weighted by Gasteiger charge is -1.84. The topological polar surface area (TPSA) is 43.4 Å². The molecule has 1 saturated heterocycles. The summed E-state index contributed by atoms with van der Waals surface area (Å²) in [4.78, 5) is 20.3. The molecule has 1 fully saturated rings. The maximum atomic E-state index is 12.2. The first-order chi connectivity index (χ1) is 4.13. The molecule has 1 heterocycles. The summed E-state index contributed by atoms with van der Waals surface area (Å²) >= 11 is 0. The largest absolute Gasteiger partial charge is 0.387 e. The van der Waals surface area contributed by atoms with E-state index in [0.717, 1.165) is 0 Å². The zero-order valence-electron chi connectivity index (χ0n) is 4.39. The van der Waals surface area contributed by atoms with Gasteiger partial charge in [0.05, 0.1) is 5.57 Å². The van der Waals surface area contributed by atoms with Gasteiger partial charge in [-0.25, -0.2) is 14.0 Å². The van der Waals surface area contributed by atoms with E-state index in [-0.39, 0.29) is 0 Å². The van der Waals surface area contributed by atoms with Crippen LogP contribution in [0, 0.1) is 0 Å². The third-order valence-corrected chi connectivity index (χ3v) is 0.968. The normalized spacial score (nSPS) is 26.8. The summed E-state index contributed by atoms with van der Waals surface area (Å²) < 4.78 is 16.0. The quantitative estimate of drug-likeness (QED) is 0.262. The van der Waals surface area contributed by atoms with Crippen molar-refractivity contribution in [3.05, 3.63) is 12.2 Å². The number of cyclic esters (lactones) is 2. The summed E-state index contributed by atoms with van der Waals surface area (Å²) in [6.07, 6.45) is -1.95. The lowest BCUT2D eigenvalue weighted by Crippen LogP contribution is -2.07. The molecule has 1 aliphatic rings. The minimum Gasteiger partial charge on any atom is -0.387 e. The summed E-state index contributed by atoms with van der Waals surface area (Å²) in [5.74, 6) is -2.13. The van der Waals surface area contributed by atoms with Crippen LogP contribution in [0.5, 0.6) is 0 Å². The Morgan fingerprint density at radius 2 is 2.11 bits per heavy atom. The highest BCUT2D eigenvalue weighted by Crippen LogP contribution is 2.16. The van der Waals surface area contributed by atoms with Gasteiger partial charge in [0, 0.05) is 0 Å². The predicted octanol–water partition coefficient (Wildman–Crippen LogP) is -0.0359. The highest BCUT2D eigenvalue weighted by molar-refractivity contribution is 6.08. The molecule has 9 heavy (non-hydrogen) atoms. The zero-order valence-corrected chi connectivity index (χ0v) is 4.39. The number of carbonyl (C=O) groups is 2. The molecule has 0 amide bonds. The second-order valence-electron chi connectivity index (χ2n) is 1.60. The van der Waals surface area contributed by atoms with E-state index in [1.807, 2.05) is 0 Å². The van der Waals surface area contributed by atoms with Crippen molar-refractivity contribution in [2.75, 3.05) is 0 Å². The summed E-state index contributed by atoms with van der Waals surface area (Å²) in [5.41, 5.74) is -0.417. The minimum absolute atomic E-state index is 0.417. The van der Waals surface area contributed by atoms with E-state index in [0.29, 0.717) is 0 Å². The summed E-state index contributed by atoms with van der Waals surface area (Å²) in [5, 5.41) is 0. The fourth-order valence-corrected chi connectivity index (χ4v) is 0.454. The second kappa shape index (κ2) is 1.65. The van der Waals surface area contributed by atoms with Crippen molar-refractivity contribution < 1.29 is 18.7 Å². The number of hydrogen-bond donors (Lipinski definition) is 0. The van der Waals surface area contributed by atoms with Crippen molar-refractivity contribution in [2.24, 2.45) is 0 Å². The van der Waals surface area contributed by atoms with Gasteiger partial charge < -0.3 is 4.74 Å². The molecular weight excluding hydrogens is 127 g/mol. The van der Waals surface area contributed by atoms with Gasteiger partial charge in [0.1, 0.15) is 0 Å². The predicted molar refractivity (Wildman–Crippen MR) is 25.1 cm³/mol. The molecule has 0 saturated carbocycles. The average molecular weight is 130 g/mol. The monoisotopic (exact) mass is 130 g/mol. The van der Waals surface area contributed by atoms with E-state index in [1.54, 1.807) is 0 Å². The van der Waals surface area contributed by atoms with Crippen molar-refractivity contribution in [2.45, 2.75) is 6.17 Å². The van der Waals surface area contributed by atoms with Gasteiger partial charge in [-0.3, -0.25) is 0 Å². The number of carbonyl (C=O) groups excluding carboxylic acids is 2. The van der Waals surface area contributed by atoms with Crippen LogP contribution >= 0.6 is 0 Å². The molecule has 0 spiro atoms. The average Bonchev–Trinajstić information content (AvgIpc) is 1.98. The van der Waals surface area contributed by atoms with Gasteiger partial charge in [0.2, 0.25) is 6.17 Å². The molecule has 3 nitrogen and oxygen atoms in total. The maximum Gasteiger partial charge on any atom is 0.353 e. The Morgan fingerprint density at radius 1 is 1.56 bits per heavy atom. The Balaban J connectivity index is 2.90. The zero-order chi connectivity index (χ0) is 7.02. The van der Waals surface area contributed by atoms with Gasteiger partial charge in [0.15, 0.2) is 0 Å². The van der Waals surface area contributed by atoms with Crippen molar-refractivity contribution in [1.82, 2.24) is 0 Å². The van der Waals surface area contributed by atoms with Gasteiger partial charge >= 0.3 is 11.9 Å². The Hall–Kier alpha value is -1.19. The standard InChI is InChI=1S/C5H3FO3/c1-2-3(6)5(8)9-4(2)7/h3H,1H2. The molecule has 0 aromatic heterocycles. The fraction of sp³-hybridized carbons (Fsp3) is 0.200. The number of esters is 2. The first kappa shape index (κ1) is 5.94. The van der Waals surface area contributed by atoms with Crippen LogP contribution in [0.15, 0.2) is 12.2 Å². The van der Waals surface area contributed by atoms with Crippen LogP contribution in [0.25, 0.3) is 0 Å². The molecule has 0 aliphatic carbocycles. The third-order valence-electron chi connectivity index (χ3n) is 0.968. The molecule has 0 aromatic rings. The van der Waals surface area contributed by atoms with Gasteiger partial charge in [-0.05, 0) is 0 Å². The Kier molecular flexibility index (Phi) is 1.09. The number of hydrogen-bond acceptors (Lipinski definition) is 3. The highest BCUT2D eigenvalue weighted by atomic mass is 19.1. The number of ether oxygens (including phenoxy) is 1. The highest BCUT2D eigenvalue weighted by Gasteiger charge is 2.37. The SMILES string of the molecule is C=C1C(=O)OC(=O)C1F. The Morgan fingerprint density at radius 3 is 2.22 bits per heavy atom. The van der Waals surface area contributed by atoms with Crippen molar-refractivity contribution >= 4 is 11.9 Å². The van der Waals surface area contributed by atoms with E-state index in [4.69, 9.17) is 0 Å². The Labute approximate surface area is 50.1 Å². The lowest BCUT2D eigenvalue weighted by atomic mass is 10.2. The van der Waals surface area contributed by atoms with Crippen LogP contribution in [0.1, 0.15) is 0 Å². The first-order valence-electron chi connectivity index (χ1n) is 2.22. The number of alkyl halides is 1. The van der Waals surface area contributed by atoms with Crippen LogP contribution in [0.4, 0.5) is 4.39 Å². The molecule has 0 aromatic carbocycles. The molecule has 1 aliphatic heterocycles. The Bertz CT molecular complexity index is 196. The van der Waals surface area contributed by atoms with E-state index >= 15 is 0 Å². The van der Waals surface area contributed by atoms with E-state index in [9.17, 15) is 14.0 Å². The van der Waals surface area contributed by atoms with Crippen LogP contribution in [0.3, 0.4) is 0 Å². The first-order valence-corrected chi connectivity index (χ1v) is 2.22. The maximum absolute atomic E-state index is 12.2. The lowest BCUT2D eigenvalue weighted by molar-refractivity contribution is -0.152. The number of rotatable bonds is 0. The molecule has 1 atom stereocenters. The van der Waals surface area contributed by atoms with Crippen molar-refractivity contribution in [3.8, 4) is 0 Å². The van der Waals surface area contributed by atoms with Crippen LogP contribution in [-0.4, -0.2) is 18.1 Å². The minimum atomic E-state index is -1.95. The molecular formula is C5H3FO3. The van der Waals surface area contributed by atoms with E-state index in [1.165, 1.54) is 0 Å². The van der Waals surface area contributed by atoms with Gasteiger partial charge in [-0.1, -0.05) is 6.58 Å². The molecule has 0 radical (unpaired) electrons. The van der Waals surface area contributed by atoms with Gasteiger partial charge in [0.25, 0.3) is 0 Å². The molecule has 1 rings (SSSR count). The van der Waals surface area contributed by atoms with E-state index < -0.39 is 23.7 Å². The molecule has 0 bridgehead atoms. The molecule has 0 N–H and O–H groups in total. The molecule has 48 valence electrons.